The van der Waals surface area contributed by atoms with Crippen LogP contribution in [0, 0.1) is 0 Å². The summed E-state index contributed by atoms with van der Waals surface area (Å²) in [6, 6.07) is 19.4. The third kappa shape index (κ3) is 4.52. The molecule has 3 amide bonds. The minimum atomic E-state index is -0.440. The molecule has 1 N–H and O–H groups in total. The predicted molar refractivity (Wildman–Crippen MR) is 124 cm³/mol. The maximum Gasteiger partial charge on any atom is 0.338 e. The molecule has 0 atom stereocenters. The highest BCUT2D eigenvalue weighted by molar-refractivity contribution is 6.34. The molecule has 0 aromatic heterocycles. The van der Waals surface area contributed by atoms with Gasteiger partial charge in [-0.05, 0) is 61.0 Å². The van der Waals surface area contributed by atoms with Gasteiger partial charge in [0.15, 0.2) is 0 Å². The van der Waals surface area contributed by atoms with E-state index in [2.05, 4.69) is 5.32 Å². The van der Waals surface area contributed by atoms with Gasteiger partial charge in [0, 0.05) is 11.3 Å². The Kier molecular flexibility index (Phi) is 6.31. The lowest BCUT2D eigenvalue weighted by Crippen LogP contribution is -2.29. The molecule has 7 nitrogen and oxygen atoms in total. The molecular weight excluding hydrogens is 420 g/mol. The summed E-state index contributed by atoms with van der Waals surface area (Å²) in [6.45, 7) is 2.36. The quantitative estimate of drug-likeness (QED) is 0.325. The number of imide groups is 1. The Morgan fingerprint density at radius 3 is 2.15 bits per heavy atom. The van der Waals surface area contributed by atoms with Crippen LogP contribution in [0.15, 0.2) is 72.8 Å². The number of benzene rings is 3. The summed E-state index contributed by atoms with van der Waals surface area (Å²) >= 11 is 0. The molecule has 1 heterocycles. The van der Waals surface area contributed by atoms with Gasteiger partial charge in [-0.2, -0.15) is 0 Å². The number of esters is 1. The first-order valence-electron chi connectivity index (χ1n) is 10.7. The van der Waals surface area contributed by atoms with Crippen LogP contribution in [0.1, 0.15) is 61.2 Å². The van der Waals surface area contributed by atoms with Crippen molar-refractivity contribution in [3.63, 3.8) is 0 Å². The Balaban J connectivity index is 1.45. The SMILES string of the molecule is CCCCOC(=O)c1cccc(NC(=O)c2ccc(N3C(=O)c4ccccc4C3=O)cc2)c1. The average molecular weight is 442 g/mol. The predicted octanol–water partition coefficient (Wildman–Crippen LogP) is 4.70. The smallest absolute Gasteiger partial charge is 0.338 e. The minimum absolute atomic E-state index is 0.339. The van der Waals surface area contributed by atoms with Crippen molar-refractivity contribution < 1.29 is 23.9 Å². The summed E-state index contributed by atoms with van der Waals surface area (Å²) in [7, 11) is 0. The second-order valence-corrected chi connectivity index (χ2v) is 7.56. The van der Waals surface area contributed by atoms with Crippen molar-refractivity contribution >= 4 is 35.1 Å². The summed E-state index contributed by atoms with van der Waals surface area (Å²) in [5.41, 5.74) is 2.25. The molecule has 0 unspecified atom stereocenters. The molecule has 1 aliphatic heterocycles. The summed E-state index contributed by atoms with van der Waals surface area (Å²) < 4.78 is 5.20. The highest BCUT2D eigenvalue weighted by atomic mass is 16.5. The molecule has 3 aromatic rings. The maximum atomic E-state index is 12.7. The summed E-state index contributed by atoms with van der Waals surface area (Å²) in [5, 5.41) is 2.75. The van der Waals surface area contributed by atoms with Crippen LogP contribution in [0.5, 0.6) is 0 Å². The Morgan fingerprint density at radius 1 is 0.848 bits per heavy atom. The van der Waals surface area contributed by atoms with E-state index < -0.39 is 17.8 Å². The number of fused-ring (bicyclic) bond motifs is 1. The fourth-order valence-electron chi connectivity index (χ4n) is 3.51. The first-order chi connectivity index (χ1) is 16.0. The summed E-state index contributed by atoms with van der Waals surface area (Å²) in [5.74, 6) is -1.61. The number of nitrogens with one attached hydrogen (secondary N) is 1. The molecule has 0 radical (unpaired) electrons. The van der Waals surface area contributed by atoms with Gasteiger partial charge in [-0.15, -0.1) is 0 Å². The maximum absolute atomic E-state index is 12.7. The number of ether oxygens (including phenoxy) is 1. The number of rotatable bonds is 7. The van der Waals surface area contributed by atoms with Crippen LogP contribution in [0.4, 0.5) is 11.4 Å². The fraction of sp³-hybridized carbons (Fsp3) is 0.154. The number of hydrogen-bond acceptors (Lipinski definition) is 5. The number of amides is 3. The zero-order valence-electron chi connectivity index (χ0n) is 18.0. The molecule has 33 heavy (non-hydrogen) atoms. The molecule has 166 valence electrons. The van der Waals surface area contributed by atoms with E-state index in [4.69, 9.17) is 4.74 Å². The molecule has 0 spiro atoms. The van der Waals surface area contributed by atoms with Crippen LogP contribution >= 0.6 is 0 Å². The van der Waals surface area contributed by atoms with E-state index in [9.17, 15) is 19.2 Å². The summed E-state index contributed by atoms with van der Waals surface area (Å²) in [6.07, 6.45) is 1.72. The third-order valence-electron chi connectivity index (χ3n) is 5.27. The van der Waals surface area contributed by atoms with E-state index in [0.29, 0.717) is 40.2 Å². The molecule has 0 fully saturated rings. The Labute approximate surface area is 191 Å². The number of anilines is 2. The second kappa shape index (κ2) is 9.48. The molecule has 0 bridgehead atoms. The monoisotopic (exact) mass is 442 g/mol. The number of hydrogen-bond donors (Lipinski definition) is 1. The highest BCUT2D eigenvalue weighted by Gasteiger charge is 2.36. The van der Waals surface area contributed by atoms with E-state index in [1.807, 2.05) is 6.92 Å². The molecule has 3 aromatic carbocycles. The van der Waals surface area contributed by atoms with Gasteiger partial charge >= 0.3 is 5.97 Å². The normalized spacial score (nSPS) is 12.5. The van der Waals surface area contributed by atoms with E-state index >= 15 is 0 Å². The number of nitrogens with zero attached hydrogens (tertiary/aromatic N) is 1. The van der Waals surface area contributed by atoms with Crippen molar-refractivity contribution in [2.45, 2.75) is 19.8 Å². The minimum Gasteiger partial charge on any atom is -0.462 e. The Morgan fingerprint density at radius 2 is 1.52 bits per heavy atom. The lowest BCUT2D eigenvalue weighted by Gasteiger charge is -2.14. The van der Waals surface area contributed by atoms with Gasteiger partial charge in [-0.1, -0.05) is 31.5 Å². The van der Waals surface area contributed by atoms with Gasteiger partial charge < -0.3 is 10.1 Å². The molecule has 0 saturated heterocycles. The lowest BCUT2D eigenvalue weighted by atomic mass is 10.1. The molecular formula is C26H22N2O5. The molecule has 0 saturated carbocycles. The van der Waals surface area contributed by atoms with Gasteiger partial charge in [0.25, 0.3) is 17.7 Å². The number of unbranched alkanes of at least 4 members (excludes halogenated alkanes) is 1. The second-order valence-electron chi connectivity index (χ2n) is 7.56. The number of carbonyl (C=O) groups excluding carboxylic acids is 4. The zero-order chi connectivity index (χ0) is 23.4. The van der Waals surface area contributed by atoms with Gasteiger partial charge in [0.05, 0.1) is 29.0 Å². The van der Waals surface area contributed by atoms with Crippen molar-refractivity contribution in [2.24, 2.45) is 0 Å². The Bertz CT molecular complexity index is 1200. The Hall–Kier alpha value is -4.26. The molecule has 1 aliphatic rings. The van der Waals surface area contributed by atoms with Crippen molar-refractivity contribution in [3.05, 3.63) is 95.1 Å². The van der Waals surface area contributed by atoms with Crippen molar-refractivity contribution in [1.82, 2.24) is 0 Å². The molecule has 0 aliphatic carbocycles. The van der Waals surface area contributed by atoms with E-state index in [1.54, 1.807) is 60.7 Å². The van der Waals surface area contributed by atoms with Crippen molar-refractivity contribution in [3.8, 4) is 0 Å². The van der Waals surface area contributed by atoms with Gasteiger partial charge in [-0.25, -0.2) is 9.69 Å². The van der Waals surface area contributed by atoms with Crippen LogP contribution in [0.2, 0.25) is 0 Å². The highest BCUT2D eigenvalue weighted by Crippen LogP contribution is 2.28. The van der Waals surface area contributed by atoms with Crippen LogP contribution in [-0.2, 0) is 4.74 Å². The number of carbonyl (C=O) groups is 4. The van der Waals surface area contributed by atoms with Crippen LogP contribution < -0.4 is 10.2 Å². The average Bonchev–Trinajstić information content (AvgIpc) is 3.09. The third-order valence-corrected chi connectivity index (χ3v) is 5.27. The van der Waals surface area contributed by atoms with Gasteiger partial charge in [-0.3, -0.25) is 14.4 Å². The van der Waals surface area contributed by atoms with E-state index in [-0.39, 0.29) is 5.91 Å². The van der Waals surface area contributed by atoms with E-state index in [1.165, 1.54) is 12.1 Å². The lowest BCUT2D eigenvalue weighted by molar-refractivity contribution is 0.0499. The zero-order valence-corrected chi connectivity index (χ0v) is 18.0. The van der Waals surface area contributed by atoms with E-state index in [0.717, 1.165) is 17.7 Å². The van der Waals surface area contributed by atoms with Gasteiger partial charge in [0.2, 0.25) is 0 Å². The van der Waals surface area contributed by atoms with Crippen molar-refractivity contribution in [1.29, 1.82) is 0 Å². The first kappa shape index (κ1) is 22.0. The first-order valence-corrected chi connectivity index (χ1v) is 10.7. The fourth-order valence-corrected chi connectivity index (χ4v) is 3.51. The van der Waals surface area contributed by atoms with Gasteiger partial charge in [0.1, 0.15) is 0 Å². The van der Waals surface area contributed by atoms with Crippen molar-refractivity contribution in [2.75, 3.05) is 16.8 Å². The van der Waals surface area contributed by atoms with Crippen LogP contribution in [-0.4, -0.2) is 30.3 Å². The summed E-state index contributed by atoms with van der Waals surface area (Å²) in [4.78, 5) is 51.2. The topological polar surface area (TPSA) is 92.8 Å². The largest absolute Gasteiger partial charge is 0.462 e. The van der Waals surface area contributed by atoms with Crippen LogP contribution in [0.3, 0.4) is 0 Å². The van der Waals surface area contributed by atoms with Crippen LogP contribution in [0.25, 0.3) is 0 Å². The molecule has 4 rings (SSSR count). The standard InChI is InChI=1S/C26H22N2O5/c1-2-3-15-33-26(32)18-7-6-8-19(16-18)27-23(29)17-11-13-20(14-12-17)28-24(30)21-9-4-5-10-22(21)25(28)31/h4-14,16H,2-3,15H2,1H3,(H,27,29). The molecule has 7 heteroatoms.